The van der Waals surface area contributed by atoms with Crippen molar-refractivity contribution in [3.8, 4) is 5.75 Å². The van der Waals surface area contributed by atoms with Crippen LogP contribution in [0.3, 0.4) is 0 Å². The van der Waals surface area contributed by atoms with Crippen LogP contribution in [0.4, 0.5) is 5.82 Å². The Morgan fingerprint density at radius 1 is 1.24 bits per heavy atom. The Hall–Kier alpha value is -2.63. The van der Waals surface area contributed by atoms with Gasteiger partial charge >= 0.3 is 0 Å². The molecule has 0 aliphatic heterocycles. The quantitative estimate of drug-likeness (QED) is 0.772. The van der Waals surface area contributed by atoms with Crippen molar-refractivity contribution in [2.24, 2.45) is 7.05 Å². The lowest BCUT2D eigenvalue weighted by molar-refractivity contribution is 0.465. The zero-order chi connectivity index (χ0) is 15.0. The molecule has 2 heterocycles. The van der Waals surface area contributed by atoms with Crippen LogP contribution in [0.2, 0.25) is 0 Å². The van der Waals surface area contributed by atoms with Gasteiger partial charge in [-0.05, 0) is 19.9 Å². The maximum atomic E-state index is 9.94. The minimum atomic E-state index is -0.0797. The molecule has 0 radical (unpaired) electrons. The molecule has 0 aliphatic carbocycles. The van der Waals surface area contributed by atoms with Crippen LogP contribution in [-0.4, -0.2) is 24.9 Å². The van der Waals surface area contributed by atoms with Gasteiger partial charge in [0.05, 0.1) is 17.6 Å². The molecule has 0 bridgehead atoms. The Labute approximate surface area is 122 Å². The second-order valence-electron chi connectivity index (χ2n) is 5.05. The molecule has 2 aromatic heterocycles. The van der Waals surface area contributed by atoms with Crippen molar-refractivity contribution in [3.05, 3.63) is 41.9 Å². The SMILES string of the molecule is Cc1nc(N[C@@H](C)c2ccccc2O)c2cnn(C)c2n1. The zero-order valence-corrected chi connectivity index (χ0v) is 12.2. The summed E-state index contributed by atoms with van der Waals surface area (Å²) in [5.74, 6) is 1.67. The van der Waals surface area contributed by atoms with E-state index in [1.165, 1.54) is 0 Å². The number of phenols is 1. The van der Waals surface area contributed by atoms with Crippen LogP contribution in [0.5, 0.6) is 5.75 Å². The number of aromatic hydroxyl groups is 1. The van der Waals surface area contributed by atoms with E-state index in [9.17, 15) is 5.11 Å². The third-order valence-electron chi connectivity index (χ3n) is 3.46. The number of rotatable bonds is 3. The van der Waals surface area contributed by atoms with Gasteiger partial charge in [-0.2, -0.15) is 5.10 Å². The Morgan fingerprint density at radius 2 is 2.00 bits per heavy atom. The topological polar surface area (TPSA) is 75.9 Å². The summed E-state index contributed by atoms with van der Waals surface area (Å²) in [6, 6.07) is 7.20. The smallest absolute Gasteiger partial charge is 0.163 e. The lowest BCUT2D eigenvalue weighted by Crippen LogP contribution is -2.09. The lowest BCUT2D eigenvalue weighted by atomic mass is 10.1. The largest absolute Gasteiger partial charge is 0.508 e. The predicted molar refractivity (Wildman–Crippen MR) is 81.2 cm³/mol. The summed E-state index contributed by atoms with van der Waals surface area (Å²) in [7, 11) is 1.85. The number of nitrogens with one attached hydrogen (secondary N) is 1. The van der Waals surface area contributed by atoms with Crippen LogP contribution in [0.15, 0.2) is 30.5 Å². The molecule has 0 aliphatic rings. The number of nitrogens with zero attached hydrogens (tertiary/aromatic N) is 4. The number of hydrogen-bond acceptors (Lipinski definition) is 5. The zero-order valence-electron chi connectivity index (χ0n) is 12.2. The summed E-state index contributed by atoms with van der Waals surface area (Å²) >= 11 is 0. The summed E-state index contributed by atoms with van der Waals surface area (Å²) in [5.41, 5.74) is 1.61. The normalized spacial score (nSPS) is 12.5. The molecule has 6 nitrogen and oxygen atoms in total. The summed E-state index contributed by atoms with van der Waals surface area (Å²) in [6.45, 7) is 3.83. The van der Waals surface area contributed by atoms with E-state index in [1.807, 2.05) is 33.0 Å². The van der Waals surface area contributed by atoms with Gasteiger partial charge in [-0.3, -0.25) is 4.68 Å². The van der Waals surface area contributed by atoms with Crippen molar-refractivity contribution in [2.75, 3.05) is 5.32 Å². The molecular formula is C15H17N5O. The van der Waals surface area contributed by atoms with E-state index in [1.54, 1.807) is 23.0 Å². The van der Waals surface area contributed by atoms with Gasteiger partial charge in [-0.1, -0.05) is 18.2 Å². The molecule has 3 aromatic rings. The minimum Gasteiger partial charge on any atom is -0.508 e. The molecule has 108 valence electrons. The maximum Gasteiger partial charge on any atom is 0.163 e. The summed E-state index contributed by atoms with van der Waals surface area (Å²) in [5, 5.41) is 18.4. The Bertz CT molecular complexity index is 796. The van der Waals surface area contributed by atoms with E-state index in [4.69, 9.17) is 0 Å². The second kappa shape index (κ2) is 5.05. The highest BCUT2D eigenvalue weighted by Crippen LogP contribution is 2.28. The van der Waals surface area contributed by atoms with Crippen molar-refractivity contribution < 1.29 is 5.11 Å². The van der Waals surface area contributed by atoms with E-state index in [0.717, 1.165) is 22.4 Å². The summed E-state index contributed by atoms with van der Waals surface area (Å²) in [6.07, 6.45) is 1.74. The Balaban J connectivity index is 2.00. The first-order chi connectivity index (χ1) is 10.1. The van der Waals surface area contributed by atoms with Crippen LogP contribution < -0.4 is 5.32 Å². The lowest BCUT2D eigenvalue weighted by Gasteiger charge is -2.16. The molecule has 6 heteroatoms. The molecule has 2 N–H and O–H groups in total. The van der Waals surface area contributed by atoms with Crippen LogP contribution in [0.1, 0.15) is 24.4 Å². The second-order valence-corrected chi connectivity index (χ2v) is 5.05. The Kier molecular flexibility index (Phi) is 3.21. The van der Waals surface area contributed by atoms with Gasteiger partial charge in [0.15, 0.2) is 5.65 Å². The maximum absolute atomic E-state index is 9.94. The van der Waals surface area contributed by atoms with Gasteiger partial charge in [-0.25, -0.2) is 9.97 Å². The highest BCUT2D eigenvalue weighted by atomic mass is 16.3. The van der Waals surface area contributed by atoms with Gasteiger partial charge in [0.1, 0.15) is 17.4 Å². The van der Waals surface area contributed by atoms with Crippen molar-refractivity contribution in [2.45, 2.75) is 19.9 Å². The van der Waals surface area contributed by atoms with Crippen molar-refractivity contribution in [1.29, 1.82) is 0 Å². The molecule has 21 heavy (non-hydrogen) atoms. The summed E-state index contributed by atoms with van der Waals surface area (Å²) in [4.78, 5) is 8.85. The van der Waals surface area contributed by atoms with Crippen LogP contribution in [0, 0.1) is 6.92 Å². The fourth-order valence-electron chi connectivity index (χ4n) is 2.38. The number of anilines is 1. The van der Waals surface area contributed by atoms with E-state index >= 15 is 0 Å². The van der Waals surface area contributed by atoms with Gasteiger partial charge < -0.3 is 10.4 Å². The highest BCUT2D eigenvalue weighted by molar-refractivity contribution is 5.86. The molecule has 0 amide bonds. The van der Waals surface area contributed by atoms with Crippen LogP contribution in [0.25, 0.3) is 11.0 Å². The first kappa shape index (κ1) is 13.4. The average molecular weight is 283 g/mol. The predicted octanol–water partition coefficient (Wildman–Crippen LogP) is 2.55. The van der Waals surface area contributed by atoms with Crippen molar-refractivity contribution in [3.63, 3.8) is 0 Å². The minimum absolute atomic E-state index is 0.0797. The van der Waals surface area contributed by atoms with Gasteiger partial charge in [0.25, 0.3) is 0 Å². The third-order valence-corrected chi connectivity index (χ3v) is 3.46. The highest BCUT2D eigenvalue weighted by Gasteiger charge is 2.14. The molecule has 1 aromatic carbocycles. The van der Waals surface area contributed by atoms with E-state index < -0.39 is 0 Å². The van der Waals surface area contributed by atoms with Crippen LogP contribution in [-0.2, 0) is 7.05 Å². The molecule has 0 fully saturated rings. The first-order valence-corrected chi connectivity index (χ1v) is 6.77. The van der Waals surface area contributed by atoms with Gasteiger partial charge in [0.2, 0.25) is 0 Å². The number of aryl methyl sites for hydroxylation is 2. The molecule has 0 unspecified atom stereocenters. The summed E-state index contributed by atoms with van der Waals surface area (Å²) < 4.78 is 1.72. The number of aromatic nitrogens is 4. The molecule has 1 atom stereocenters. The van der Waals surface area contributed by atoms with Crippen molar-refractivity contribution >= 4 is 16.9 Å². The monoisotopic (exact) mass is 283 g/mol. The third kappa shape index (κ3) is 2.40. The number of para-hydroxylation sites is 1. The standard InChI is InChI=1S/C15H17N5O/c1-9(11-6-4-5-7-13(11)21)17-14-12-8-16-20(3)15(12)19-10(2)18-14/h4-9,21H,1-3H3,(H,17,18,19)/t9-/m0/s1. The average Bonchev–Trinajstić information content (AvgIpc) is 2.81. The molecule has 0 spiro atoms. The molecular weight excluding hydrogens is 266 g/mol. The fourth-order valence-corrected chi connectivity index (χ4v) is 2.38. The van der Waals surface area contributed by atoms with E-state index in [-0.39, 0.29) is 11.8 Å². The van der Waals surface area contributed by atoms with E-state index in [0.29, 0.717) is 5.82 Å². The number of benzene rings is 1. The van der Waals surface area contributed by atoms with Crippen LogP contribution >= 0.6 is 0 Å². The first-order valence-electron chi connectivity index (χ1n) is 6.77. The number of hydrogen-bond donors (Lipinski definition) is 2. The molecule has 0 saturated heterocycles. The van der Waals surface area contributed by atoms with Gasteiger partial charge in [-0.15, -0.1) is 0 Å². The number of fused-ring (bicyclic) bond motifs is 1. The fraction of sp³-hybridized carbons (Fsp3) is 0.267. The molecule has 3 rings (SSSR count). The van der Waals surface area contributed by atoms with E-state index in [2.05, 4.69) is 20.4 Å². The van der Waals surface area contributed by atoms with Crippen molar-refractivity contribution in [1.82, 2.24) is 19.7 Å². The molecule has 0 saturated carbocycles. The number of phenolic OH excluding ortho intramolecular Hbond substituents is 1. The van der Waals surface area contributed by atoms with Gasteiger partial charge in [0, 0.05) is 12.6 Å². The Morgan fingerprint density at radius 3 is 2.76 bits per heavy atom.